The number of rotatable bonds is 3. The molecule has 1 aliphatic heterocycles. The smallest absolute Gasteiger partial charge is 0.344 e. The Morgan fingerprint density at radius 3 is 2.85 bits per heavy atom. The summed E-state index contributed by atoms with van der Waals surface area (Å²) in [4.78, 5) is 24.9. The van der Waals surface area contributed by atoms with Crippen LogP contribution in [0.1, 0.15) is 23.2 Å². The molecule has 1 amide bonds. The molecule has 26 heavy (non-hydrogen) atoms. The van der Waals surface area contributed by atoms with E-state index in [1.165, 1.54) is 0 Å². The number of benzene rings is 2. The minimum atomic E-state index is -0.405. The van der Waals surface area contributed by atoms with Crippen LogP contribution in [0.15, 0.2) is 63.8 Å². The maximum Gasteiger partial charge on any atom is 0.344 e. The van der Waals surface area contributed by atoms with Crippen LogP contribution >= 0.6 is 0 Å². The van der Waals surface area contributed by atoms with Gasteiger partial charge in [-0.25, -0.2) is 4.79 Å². The lowest BCUT2D eigenvalue weighted by Crippen LogP contribution is -2.45. The normalized spacial score (nSPS) is 17.2. The predicted octanol–water partition coefficient (Wildman–Crippen LogP) is 2.94. The third-order valence-electron chi connectivity index (χ3n) is 4.71. The molecule has 3 aromatic rings. The van der Waals surface area contributed by atoms with E-state index in [9.17, 15) is 9.59 Å². The third kappa shape index (κ3) is 3.39. The molecule has 0 bridgehead atoms. The Kier molecular flexibility index (Phi) is 4.54. The molecule has 1 atom stereocenters. The average Bonchev–Trinajstić information content (AvgIpc) is 2.68. The Morgan fingerprint density at radius 2 is 2.00 bits per heavy atom. The first-order valence-corrected chi connectivity index (χ1v) is 8.85. The largest absolute Gasteiger partial charge is 0.422 e. The molecular weight excluding hydrogens is 328 g/mol. The molecule has 1 saturated heterocycles. The molecule has 2 N–H and O–H groups in total. The number of amides is 1. The summed E-state index contributed by atoms with van der Waals surface area (Å²) in [6.07, 6.45) is 2.04. The van der Waals surface area contributed by atoms with Crippen LogP contribution in [0.3, 0.4) is 0 Å². The fraction of sp³-hybridized carbons (Fsp3) is 0.238. The minimum absolute atomic E-state index is 0.120. The van der Waals surface area contributed by atoms with Gasteiger partial charge in [0.2, 0.25) is 0 Å². The first-order valence-electron chi connectivity index (χ1n) is 8.85. The number of hydrogen-bond donors (Lipinski definition) is 2. The average molecular weight is 348 g/mol. The highest BCUT2D eigenvalue weighted by Crippen LogP contribution is 2.22. The lowest BCUT2D eigenvalue weighted by molar-refractivity contribution is 0.0930. The van der Waals surface area contributed by atoms with E-state index in [4.69, 9.17) is 4.42 Å². The van der Waals surface area contributed by atoms with Gasteiger partial charge in [0, 0.05) is 23.5 Å². The van der Waals surface area contributed by atoms with Crippen molar-refractivity contribution in [1.29, 1.82) is 0 Å². The molecule has 132 valence electrons. The van der Waals surface area contributed by atoms with Crippen LogP contribution in [0.25, 0.3) is 22.1 Å². The van der Waals surface area contributed by atoms with Crippen molar-refractivity contribution in [3.05, 3.63) is 70.6 Å². The van der Waals surface area contributed by atoms with E-state index in [-0.39, 0.29) is 11.9 Å². The Morgan fingerprint density at radius 1 is 1.12 bits per heavy atom. The molecule has 0 spiro atoms. The molecule has 0 saturated carbocycles. The van der Waals surface area contributed by atoms with Crippen molar-refractivity contribution in [3.63, 3.8) is 0 Å². The minimum Gasteiger partial charge on any atom is -0.422 e. The molecule has 5 nitrogen and oxygen atoms in total. The predicted molar refractivity (Wildman–Crippen MR) is 101 cm³/mol. The van der Waals surface area contributed by atoms with Gasteiger partial charge in [-0.15, -0.1) is 0 Å². The number of hydrogen-bond acceptors (Lipinski definition) is 4. The molecule has 2 aromatic carbocycles. The summed E-state index contributed by atoms with van der Waals surface area (Å²) in [5.74, 6) is -0.120. The highest BCUT2D eigenvalue weighted by Gasteiger charge is 2.17. The van der Waals surface area contributed by atoms with Crippen molar-refractivity contribution < 1.29 is 9.21 Å². The van der Waals surface area contributed by atoms with Gasteiger partial charge in [-0.3, -0.25) is 4.79 Å². The van der Waals surface area contributed by atoms with Crippen LogP contribution in [0.4, 0.5) is 0 Å². The van der Waals surface area contributed by atoms with E-state index < -0.39 is 5.63 Å². The van der Waals surface area contributed by atoms with Crippen LogP contribution in [-0.2, 0) is 0 Å². The molecule has 5 heteroatoms. The molecule has 0 radical (unpaired) electrons. The quantitative estimate of drug-likeness (QED) is 0.714. The van der Waals surface area contributed by atoms with Gasteiger partial charge in [0.05, 0.1) is 5.56 Å². The van der Waals surface area contributed by atoms with E-state index >= 15 is 0 Å². The van der Waals surface area contributed by atoms with E-state index in [0.717, 1.165) is 31.3 Å². The van der Waals surface area contributed by atoms with Gasteiger partial charge in [0.25, 0.3) is 5.91 Å². The van der Waals surface area contributed by atoms with Gasteiger partial charge >= 0.3 is 5.63 Å². The molecule has 0 unspecified atom stereocenters. The zero-order chi connectivity index (χ0) is 17.9. The Balaban J connectivity index is 1.64. The molecule has 1 aromatic heterocycles. The lowest BCUT2D eigenvalue weighted by Gasteiger charge is -2.23. The summed E-state index contributed by atoms with van der Waals surface area (Å²) in [5, 5.41) is 7.19. The Bertz CT molecular complexity index is 1000. The highest BCUT2D eigenvalue weighted by molar-refractivity contribution is 5.96. The Hall–Kier alpha value is -2.92. The molecule has 4 rings (SSSR count). The number of carbonyl (C=O) groups is 1. The van der Waals surface area contributed by atoms with Crippen molar-refractivity contribution in [3.8, 4) is 11.1 Å². The van der Waals surface area contributed by atoms with E-state index in [2.05, 4.69) is 10.6 Å². The first kappa shape index (κ1) is 16.5. The van der Waals surface area contributed by atoms with E-state index in [1.807, 2.05) is 30.3 Å². The van der Waals surface area contributed by atoms with Crippen LogP contribution in [0.2, 0.25) is 0 Å². The van der Waals surface area contributed by atoms with E-state index in [1.54, 1.807) is 24.3 Å². The fourth-order valence-corrected chi connectivity index (χ4v) is 3.33. The van der Waals surface area contributed by atoms with Crippen LogP contribution in [-0.4, -0.2) is 25.0 Å². The summed E-state index contributed by atoms with van der Waals surface area (Å²) in [6.45, 7) is 1.79. The van der Waals surface area contributed by atoms with Gasteiger partial charge in [0.1, 0.15) is 5.58 Å². The topological polar surface area (TPSA) is 71.3 Å². The zero-order valence-corrected chi connectivity index (χ0v) is 14.3. The maximum absolute atomic E-state index is 12.6. The second kappa shape index (κ2) is 7.14. The molecule has 0 aliphatic carbocycles. The van der Waals surface area contributed by atoms with Gasteiger partial charge < -0.3 is 15.1 Å². The van der Waals surface area contributed by atoms with Crippen LogP contribution in [0, 0.1) is 0 Å². The second-order valence-corrected chi connectivity index (χ2v) is 6.58. The van der Waals surface area contributed by atoms with Crippen molar-refractivity contribution in [2.75, 3.05) is 13.1 Å². The van der Waals surface area contributed by atoms with Gasteiger partial charge in [-0.05, 0) is 49.2 Å². The molecule has 1 aliphatic rings. The van der Waals surface area contributed by atoms with Gasteiger partial charge in [-0.2, -0.15) is 0 Å². The summed E-state index contributed by atoms with van der Waals surface area (Å²) < 4.78 is 5.40. The van der Waals surface area contributed by atoms with Crippen LogP contribution in [0.5, 0.6) is 0 Å². The van der Waals surface area contributed by atoms with Crippen molar-refractivity contribution in [2.24, 2.45) is 0 Å². The summed E-state index contributed by atoms with van der Waals surface area (Å²) >= 11 is 0. The Labute approximate surface area is 151 Å². The van der Waals surface area contributed by atoms with Crippen LogP contribution < -0.4 is 16.3 Å². The molecule has 2 heterocycles. The second-order valence-electron chi connectivity index (χ2n) is 6.58. The monoisotopic (exact) mass is 348 g/mol. The number of fused-ring (bicyclic) bond motifs is 1. The van der Waals surface area contributed by atoms with Gasteiger partial charge in [0.15, 0.2) is 0 Å². The lowest BCUT2D eigenvalue weighted by atomic mass is 10.0. The van der Waals surface area contributed by atoms with Crippen molar-refractivity contribution >= 4 is 16.9 Å². The van der Waals surface area contributed by atoms with Crippen molar-refractivity contribution in [2.45, 2.75) is 18.9 Å². The highest BCUT2D eigenvalue weighted by atomic mass is 16.4. The number of para-hydroxylation sites is 1. The SMILES string of the molecule is O=C(N[C@H]1CCCNC1)c1cccc(-c2cc3ccccc3oc2=O)c1. The first-order chi connectivity index (χ1) is 12.7. The summed E-state index contributed by atoms with van der Waals surface area (Å²) in [5.41, 5.74) is 1.83. The number of carbonyl (C=O) groups excluding carboxylic acids is 1. The zero-order valence-electron chi connectivity index (χ0n) is 14.3. The van der Waals surface area contributed by atoms with E-state index in [0.29, 0.717) is 22.3 Å². The maximum atomic E-state index is 12.6. The summed E-state index contributed by atoms with van der Waals surface area (Å²) in [7, 11) is 0. The standard InChI is InChI=1S/C21H20N2O3/c24-20(23-17-8-4-10-22-13-17)16-7-3-6-14(11-16)18-12-15-5-1-2-9-19(15)26-21(18)25/h1-3,5-7,9,11-12,17,22H,4,8,10,13H2,(H,23,24)/t17-/m0/s1. The third-order valence-corrected chi connectivity index (χ3v) is 4.71. The fourth-order valence-electron chi connectivity index (χ4n) is 3.33. The summed E-state index contributed by atoms with van der Waals surface area (Å²) in [6, 6.07) is 16.5. The number of piperidine rings is 1. The molecule has 1 fully saturated rings. The molecular formula is C21H20N2O3. The van der Waals surface area contributed by atoms with Gasteiger partial charge in [-0.1, -0.05) is 30.3 Å². The van der Waals surface area contributed by atoms with Crippen molar-refractivity contribution in [1.82, 2.24) is 10.6 Å². The number of nitrogens with one attached hydrogen (secondary N) is 2.